The van der Waals surface area contributed by atoms with E-state index in [1.165, 1.54) is 40.4 Å². The predicted molar refractivity (Wildman–Crippen MR) is 94.5 cm³/mol. The van der Waals surface area contributed by atoms with Gasteiger partial charge in [0.1, 0.15) is 27.4 Å². The molecule has 0 radical (unpaired) electrons. The molecule has 0 saturated carbocycles. The Balaban J connectivity index is 2.08. The average molecular weight is 373 g/mol. The van der Waals surface area contributed by atoms with Crippen molar-refractivity contribution in [2.75, 3.05) is 11.6 Å². The smallest absolute Gasteiger partial charge is 0.267 e. The highest BCUT2D eigenvalue weighted by molar-refractivity contribution is 7.98. The second kappa shape index (κ2) is 6.66. The number of nitrogens with zero attached hydrogens (tertiary/aromatic N) is 3. The highest BCUT2D eigenvalue weighted by atomic mass is 32.2. The first-order chi connectivity index (χ1) is 12.0. The van der Waals surface area contributed by atoms with Crippen molar-refractivity contribution in [1.29, 1.82) is 10.7 Å². The largest absolute Gasteiger partial charge is 0.321 e. The summed E-state index contributed by atoms with van der Waals surface area (Å²) in [4.78, 5) is 17.8. The molecule has 6 nitrogen and oxygen atoms in total. The standard InChI is InChI=1S/C16H12FN5OS2/c1-8-12(14(23)20-10-5-3-9(17)4-6-10)25-16-21-15(24-2)11(7-18)13(19)22(8)16/h3-6,19H,1-2H3,(H,20,23). The van der Waals surface area contributed by atoms with Crippen LogP contribution in [-0.4, -0.2) is 21.5 Å². The van der Waals surface area contributed by atoms with Crippen molar-refractivity contribution in [3.05, 3.63) is 51.7 Å². The van der Waals surface area contributed by atoms with Gasteiger partial charge in [-0.25, -0.2) is 9.37 Å². The molecule has 126 valence electrons. The number of rotatable bonds is 3. The van der Waals surface area contributed by atoms with Crippen LogP contribution in [-0.2, 0) is 0 Å². The number of halogens is 1. The number of benzene rings is 1. The molecule has 3 rings (SSSR count). The summed E-state index contributed by atoms with van der Waals surface area (Å²) in [6.07, 6.45) is 1.78. The summed E-state index contributed by atoms with van der Waals surface area (Å²) < 4.78 is 14.5. The minimum Gasteiger partial charge on any atom is -0.321 e. The normalized spacial score (nSPS) is 10.6. The molecule has 1 amide bonds. The molecule has 0 fully saturated rings. The lowest BCUT2D eigenvalue weighted by Crippen LogP contribution is -2.20. The highest BCUT2D eigenvalue weighted by Gasteiger charge is 2.20. The Kier molecular flexibility index (Phi) is 4.57. The SMILES string of the molecule is CSc1nc2sc(C(=O)Nc3ccc(F)cc3)c(C)n2c(=N)c1C#N. The lowest BCUT2D eigenvalue weighted by atomic mass is 10.3. The van der Waals surface area contributed by atoms with Crippen molar-refractivity contribution in [1.82, 2.24) is 9.38 Å². The van der Waals surface area contributed by atoms with Gasteiger partial charge in [-0.2, -0.15) is 5.26 Å². The molecule has 0 aliphatic heterocycles. The second-order valence-electron chi connectivity index (χ2n) is 5.05. The van der Waals surface area contributed by atoms with Crippen LogP contribution in [0.2, 0.25) is 0 Å². The van der Waals surface area contributed by atoms with Gasteiger partial charge < -0.3 is 5.32 Å². The number of nitriles is 1. The summed E-state index contributed by atoms with van der Waals surface area (Å²) in [6, 6.07) is 7.45. The molecule has 0 aliphatic carbocycles. The maximum Gasteiger partial charge on any atom is 0.267 e. The molecule has 1 aromatic carbocycles. The number of carbonyl (C=O) groups excluding carboxylic acids is 1. The number of aryl methyl sites for hydroxylation is 1. The number of thioether (sulfide) groups is 1. The highest BCUT2D eigenvalue weighted by Crippen LogP contribution is 2.24. The fraction of sp³-hybridized carbons (Fsp3) is 0.125. The van der Waals surface area contributed by atoms with E-state index in [4.69, 9.17) is 5.41 Å². The van der Waals surface area contributed by atoms with Crippen LogP contribution in [0.1, 0.15) is 20.9 Å². The topological polar surface area (TPSA) is 94.0 Å². The summed E-state index contributed by atoms with van der Waals surface area (Å²) in [5.41, 5.74) is 1.18. The van der Waals surface area contributed by atoms with Crippen molar-refractivity contribution >= 4 is 39.7 Å². The zero-order chi connectivity index (χ0) is 18.1. The summed E-state index contributed by atoms with van der Waals surface area (Å²) in [6.45, 7) is 1.70. The third kappa shape index (κ3) is 3.01. The van der Waals surface area contributed by atoms with Gasteiger partial charge >= 0.3 is 0 Å². The Bertz CT molecular complexity index is 1080. The van der Waals surface area contributed by atoms with Crippen LogP contribution >= 0.6 is 23.1 Å². The van der Waals surface area contributed by atoms with Crippen LogP contribution in [0.15, 0.2) is 29.3 Å². The van der Waals surface area contributed by atoms with Crippen molar-refractivity contribution in [2.24, 2.45) is 0 Å². The summed E-state index contributed by atoms with van der Waals surface area (Å²) in [5.74, 6) is -0.758. The number of anilines is 1. The zero-order valence-electron chi connectivity index (χ0n) is 13.3. The first-order valence-electron chi connectivity index (χ1n) is 7.08. The van der Waals surface area contributed by atoms with Crippen LogP contribution in [0.4, 0.5) is 10.1 Å². The lowest BCUT2D eigenvalue weighted by Gasteiger charge is -2.04. The van der Waals surface area contributed by atoms with E-state index in [1.807, 2.05) is 6.07 Å². The monoisotopic (exact) mass is 373 g/mol. The molecule has 0 aliphatic rings. The van der Waals surface area contributed by atoms with Crippen LogP contribution < -0.4 is 10.8 Å². The lowest BCUT2D eigenvalue weighted by molar-refractivity contribution is 0.102. The van der Waals surface area contributed by atoms with E-state index in [0.717, 1.165) is 11.3 Å². The Labute approximate surface area is 150 Å². The van der Waals surface area contributed by atoms with E-state index in [9.17, 15) is 14.4 Å². The fourth-order valence-electron chi connectivity index (χ4n) is 2.33. The number of hydrogen-bond acceptors (Lipinski definition) is 6. The third-order valence-corrected chi connectivity index (χ3v) is 5.36. The maximum absolute atomic E-state index is 13.0. The van der Waals surface area contributed by atoms with E-state index in [0.29, 0.717) is 26.2 Å². The number of fused-ring (bicyclic) bond motifs is 1. The predicted octanol–water partition coefficient (Wildman–Crippen LogP) is 3.17. The number of nitrogens with one attached hydrogen (secondary N) is 2. The van der Waals surface area contributed by atoms with Crippen LogP contribution in [0.5, 0.6) is 0 Å². The quantitative estimate of drug-likeness (QED) is 0.545. The van der Waals surface area contributed by atoms with Gasteiger partial charge in [0.15, 0.2) is 10.4 Å². The van der Waals surface area contributed by atoms with Crippen molar-refractivity contribution in [2.45, 2.75) is 11.9 Å². The molecular formula is C16H12FN5OS2. The number of amides is 1. The molecule has 2 heterocycles. The molecule has 0 bridgehead atoms. The molecule has 0 saturated heterocycles. The Morgan fingerprint density at radius 3 is 2.72 bits per heavy atom. The van der Waals surface area contributed by atoms with E-state index in [-0.39, 0.29) is 22.8 Å². The molecule has 0 spiro atoms. The Morgan fingerprint density at radius 1 is 1.44 bits per heavy atom. The second-order valence-corrected chi connectivity index (χ2v) is 6.82. The molecule has 0 unspecified atom stereocenters. The minimum absolute atomic E-state index is 0.00596. The summed E-state index contributed by atoms with van der Waals surface area (Å²) in [5, 5.41) is 20.7. The molecule has 0 atom stereocenters. The third-order valence-electron chi connectivity index (χ3n) is 3.53. The van der Waals surface area contributed by atoms with Gasteiger partial charge in [0.2, 0.25) is 0 Å². The van der Waals surface area contributed by atoms with Gasteiger partial charge in [-0.3, -0.25) is 14.6 Å². The molecule has 3 aromatic rings. The molecule has 25 heavy (non-hydrogen) atoms. The summed E-state index contributed by atoms with van der Waals surface area (Å²) >= 11 is 2.42. The molecule has 2 aromatic heterocycles. The van der Waals surface area contributed by atoms with Crippen molar-refractivity contribution < 1.29 is 9.18 Å². The molecular weight excluding hydrogens is 361 g/mol. The van der Waals surface area contributed by atoms with Crippen molar-refractivity contribution in [3.8, 4) is 6.07 Å². The van der Waals surface area contributed by atoms with Gasteiger partial charge in [0.25, 0.3) is 5.91 Å². The van der Waals surface area contributed by atoms with Crippen LogP contribution in [0.3, 0.4) is 0 Å². The number of thiazole rings is 1. The van der Waals surface area contributed by atoms with Gasteiger partial charge in [0, 0.05) is 11.4 Å². The Morgan fingerprint density at radius 2 is 2.12 bits per heavy atom. The van der Waals surface area contributed by atoms with E-state index in [2.05, 4.69) is 10.3 Å². The minimum atomic E-state index is -0.386. The number of hydrogen-bond donors (Lipinski definition) is 2. The van der Waals surface area contributed by atoms with Gasteiger partial charge in [0.05, 0.1) is 0 Å². The van der Waals surface area contributed by atoms with Gasteiger partial charge in [-0.15, -0.1) is 11.8 Å². The van der Waals surface area contributed by atoms with E-state index >= 15 is 0 Å². The van der Waals surface area contributed by atoms with Crippen LogP contribution in [0, 0.1) is 29.5 Å². The first kappa shape index (κ1) is 17.1. The van der Waals surface area contributed by atoms with Crippen molar-refractivity contribution in [3.63, 3.8) is 0 Å². The van der Waals surface area contributed by atoms with Crippen LogP contribution in [0.25, 0.3) is 4.96 Å². The first-order valence-corrected chi connectivity index (χ1v) is 9.12. The number of aromatic nitrogens is 2. The van der Waals surface area contributed by atoms with Gasteiger partial charge in [-0.1, -0.05) is 11.3 Å². The molecule has 2 N–H and O–H groups in total. The van der Waals surface area contributed by atoms with E-state index < -0.39 is 0 Å². The number of carbonyl (C=O) groups is 1. The maximum atomic E-state index is 13.0. The van der Waals surface area contributed by atoms with Gasteiger partial charge in [-0.05, 0) is 37.4 Å². The summed E-state index contributed by atoms with van der Waals surface area (Å²) in [7, 11) is 0. The average Bonchev–Trinajstić information content (AvgIpc) is 2.93. The molecule has 9 heteroatoms. The van der Waals surface area contributed by atoms with E-state index in [1.54, 1.807) is 13.2 Å². The Hall–Kier alpha value is -2.70. The fourth-order valence-corrected chi connectivity index (χ4v) is 3.93. The zero-order valence-corrected chi connectivity index (χ0v) is 14.9.